The summed E-state index contributed by atoms with van der Waals surface area (Å²) in [4.78, 5) is 21.9. The molecule has 0 saturated carbocycles. The quantitative estimate of drug-likeness (QED) is 0.552. The second-order valence-electron chi connectivity index (χ2n) is 4.20. The number of ether oxygens (including phenoxy) is 1. The molecule has 7 nitrogen and oxygen atoms in total. The molecular weight excluding hydrogens is 264 g/mol. The lowest BCUT2D eigenvalue weighted by Gasteiger charge is -2.15. The van der Waals surface area contributed by atoms with Crippen LogP contribution >= 0.6 is 0 Å². The zero-order chi connectivity index (χ0) is 15.0. The Hall–Kier alpha value is -2.15. The maximum absolute atomic E-state index is 11.7. The van der Waals surface area contributed by atoms with Crippen LogP contribution in [0.15, 0.2) is 24.3 Å². The number of hydrogen-bond donors (Lipinski definition) is 2. The fourth-order valence-corrected chi connectivity index (χ4v) is 1.68. The predicted octanol–water partition coefficient (Wildman–Crippen LogP) is 1.25. The van der Waals surface area contributed by atoms with Crippen molar-refractivity contribution in [2.24, 2.45) is 0 Å². The maximum atomic E-state index is 11.7. The summed E-state index contributed by atoms with van der Waals surface area (Å²) < 4.78 is 5.17. The van der Waals surface area contributed by atoms with E-state index in [1.165, 1.54) is 18.2 Å². The Bertz CT molecular complexity index is 464. The second kappa shape index (κ2) is 8.11. The molecule has 0 aliphatic rings. The number of aliphatic hydroxyl groups excluding tert-OH is 1. The predicted molar refractivity (Wildman–Crippen MR) is 72.5 cm³/mol. The molecule has 0 aliphatic carbocycles. The number of nitro groups is 1. The van der Waals surface area contributed by atoms with E-state index in [2.05, 4.69) is 5.32 Å². The molecular formula is C13H18N2O5. The number of nitrogens with zero attached hydrogens (tertiary/aromatic N) is 1. The van der Waals surface area contributed by atoms with Gasteiger partial charge in [-0.1, -0.05) is 19.1 Å². The minimum Gasteiger partial charge on any atom is -0.477 e. The lowest BCUT2D eigenvalue weighted by molar-refractivity contribution is -0.385. The summed E-state index contributed by atoms with van der Waals surface area (Å²) in [5.41, 5.74) is -0.178. The van der Waals surface area contributed by atoms with Crippen LogP contribution in [0.1, 0.15) is 19.8 Å². The molecule has 1 unspecified atom stereocenters. The highest BCUT2D eigenvalue weighted by Gasteiger charge is 2.16. The first-order chi connectivity index (χ1) is 9.58. The molecule has 1 rings (SSSR count). The third-order valence-corrected chi connectivity index (χ3v) is 2.76. The fourth-order valence-electron chi connectivity index (χ4n) is 1.68. The van der Waals surface area contributed by atoms with Gasteiger partial charge in [-0.2, -0.15) is 0 Å². The molecule has 0 aliphatic heterocycles. The average Bonchev–Trinajstić information content (AvgIpc) is 2.44. The standard InChI is InChI=1S/C13H18N2O5/c1-2-10(7-8-16)14-13(17)9-20-12-6-4-3-5-11(12)15(18)19/h3-6,10,16H,2,7-9H2,1H3,(H,14,17). The van der Waals surface area contributed by atoms with Crippen molar-refractivity contribution in [1.82, 2.24) is 5.32 Å². The van der Waals surface area contributed by atoms with Gasteiger partial charge in [0, 0.05) is 18.7 Å². The topological polar surface area (TPSA) is 102 Å². The highest BCUT2D eigenvalue weighted by Crippen LogP contribution is 2.25. The molecule has 1 aromatic carbocycles. The minimum absolute atomic E-state index is 0.0101. The number of carbonyl (C=O) groups excluding carboxylic acids is 1. The molecule has 0 spiro atoms. The van der Waals surface area contributed by atoms with Crippen molar-refractivity contribution >= 4 is 11.6 Å². The van der Waals surface area contributed by atoms with E-state index in [9.17, 15) is 14.9 Å². The first-order valence-electron chi connectivity index (χ1n) is 6.35. The Kier molecular flexibility index (Phi) is 6.45. The van der Waals surface area contributed by atoms with Gasteiger partial charge in [-0.25, -0.2) is 0 Å². The van der Waals surface area contributed by atoms with E-state index in [-0.39, 0.29) is 36.6 Å². The maximum Gasteiger partial charge on any atom is 0.310 e. The number of para-hydroxylation sites is 2. The van der Waals surface area contributed by atoms with Gasteiger partial charge in [-0.05, 0) is 18.9 Å². The van der Waals surface area contributed by atoms with Gasteiger partial charge < -0.3 is 15.2 Å². The van der Waals surface area contributed by atoms with Crippen molar-refractivity contribution in [2.75, 3.05) is 13.2 Å². The van der Waals surface area contributed by atoms with Crippen molar-refractivity contribution in [2.45, 2.75) is 25.8 Å². The number of hydrogen-bond acceptors (Lipinski definition) is 5. The van der Waals surface area contributed by atoms with Crippen molar-refractivity contribution in [3.05, 3.63) is 34.4 Å². The van der Waals surface area contributed by atoms with Crippen LogP contribution in [0.25, 0.3) is 0 Å². The number of amides is 1. The molecule has 1 atom stereocenters. The molecule has 0 bridgehead atoms. The third kappa shape index (κ3) is 4.85. The molecule has 2 N–H and O–H groups in total. The van der Waals surface area contributed by atoms with Crippen LogP contribution in [0.4, 0.5) is 5.69 Å². The van der Waals surface area contributed by atoms with E-state index >= 15 is 0 Å². The SMILES string of the molecule is CCC(CCO)NC(=O)COc1ccccc1[N+](=O)[O-]. The summed E-state index contributed by atoms with van der Waals surface area (Å²) in [6, 6.07) is 5.76. The number of benzene rings is 1. The largest absolute Gasteiger partial charge is 0.477 e. The number of nitrogens with one attached hydrogen (secondary N) is 1. The zero-order valence-electron chi connectivity index (χ0n) is 11.2. The number of aliphatic hydroxyl groups is 1. The van der Waals surface area contributed by atoms with Crippen LogP contribution in [0.3, 0.4) is 0 Å². The summed E-state index contributed by atoms with van der Waals surface area (Å²) in [6.45, 7) is 1.58. The number of nitro benzene ring substituents is 1. The molecule has 20 heavy (non-hydrogen) atoms. The lowest BCUT2D eigenvalue weighted by Crippen LogP contribution is -2.38. The first-order valence-corrected chi connectivity index (χ1v) is 6.35. The molecule has 0 heterocycles. The highest BCUT2D eigenvalue weighted by molar-refractivity contribution is 5.78. The van der Waals surface area contributed by atoms with Crippen molar-refractivity contribution in [3.8, 4) is 5.75 Å². The number of carbonyl (C=O) groups is 1. The van der Waals surface area contributed by atoms with Crippen LogP contribution in [0, 0.1) is 10.1 Å². The molecule has 1 aromatic rings. The minimum atomic E-state index is -0.562. The van der Waals surface area contributed by atoms with Crippen LogP contribution in [-0.2, 0) is 4.79 Å². The smallest absolute Gasteiger partial charge is 0.310 e. The van der Waals surface area contributed by atoms with Crippen LogP contribution in [0.2, 0.25) is 0 Å². The van der Waals surface area contributed by atoms with E-state index in [0.717, 1.165) is 0 Å². The number of rotatable bonds is 8. The van der Waals surface area contributed by atoms with Gasteiger partial charge in [-0.15, -0.1) is 0 Å². The van der Waals surface area contributed by atoms with Crippen molar-refractivity contribution < 1.29 is 19.6 Å². The van der Waals surface area contributed by atoms with E-state index in [1.54, 1.807) is 6.07 Å². The van der Waals surface area contributed by atoms with E-state index in [1.807, 2.05) is 6.92 Å². The molecule has 0 radical (unpaired) electrons. The van der Waals surface area contributed by atoms with Gasteiger partial charge in [0.2, 0.25) is 0 Å². The van der Waals surface area contributed by atoms with E-state index in [0.29, 0.717) is 12.8 Å². The van der Waals surface area contributed by atoms with Crippen LogP contribution < -0.4 is 10.1 Å². The Labute approximate surface area is 116 Å². The van der Waals surface area contributed by atoms with Gasteiger partial charge in [0.05, 0.1) is 4.92 Å². The Morgan fingerprint density at radius 3 is 2.80 bits per heavy atom. The Balaban J connectivity index is 2.55. The van der Waals surface area contributed by atoms with Gasteiger partial charge >= 0.3 is 5.69 Å². The zero-order valence-corrected chi connectivity index (χ0v) is 11.2. The Morgan fingerprint density at radius 2 is 2.20 bits per heavy atom. The Morgan fingerprint density at radius 1 is 1.50 bits per heavy atom. The van der Waals surface area contributed by atoms with E-state index in [4.69, 9.17) is 9.84 Å². The normalized spacial score (nSPS) is 11.7. The summed E-state index contributed by atoms with van der Waals surface area (Å²) in [6.07, 6.45) is 1.16. The van der Waals surface area contributed by atoms with Crippen LogP contribution in [-0.4, -0.2) is 35.2 Å². The van der Waals surface area contributed by atoms with Gasteiger partial charge in [0.25, 0.3) is 5.91 Å². The molecule has 110 valence electrons. The first kappa shape index (κ1) is 15.9. The molecule has 0 fully saturated rings. The summed E-state index contributed by atoms with van der Waals surface area (Å²) >= 11 is 0. The van der Waals surface area contributed by atoms with Crippen molar-refractivity contribution in [3.63, 3.8) is 0 Å². The van der Waals surface area contributed by atoms with E-state index < -0.39 is 4.92 Å². The summed E-state index contributed by atoms with van der Waals surface area (Å²) in [5.74, 6) is -0.314. The van der Waals surface area contributed by atoms with Gasteiger partial charge in [0.1, 0.15) is 0 Å². The monoisotopic (exact) mass is 282 g/mol. The lowest BCUT2D eigenvalue weighted by atomic mass is 10.1. The molecule has 0 saturated heterocycles. The summed E-state index contributed by atoms with van der Waals surface area (Å²) in [5, 5.41) is 22.3. The fraction of sp³-hybridized carbons (Fsp3) is 0.462. The highest BCUT2D eigenvalue weighted by atomic mass is 16.6. The third-order valence-electron chi connectivity index (χ3n) is 2.76. The molecule has 0 aromatic heterocycles. The van der Waals surface area contributed by atoms with Gasteiger partial charge in [0.15, 0.2) is 12.4 Å². The van der Waals surface area contributed by atoms with Gasteiger partial charge in [-0.3, -0.25) is 14.9 Å². The molecule has 7 heteroatoms. The summed E-state index contributed by atoms with van der Waals surface area (Å²) in [7, 11) is 0. The van der Waals surface area contributed by atoms with Crippen molar-refractivity contribution in [1.29, 1.82) is 0 Å². The molecule has 1 amide bonds. The van der Waals surface area contributed by atoms with Crippen LogP contribution in [0.5, 0.6) is 5.75 Å². The average molecular weight is 282 g/mol. The second-order valence-corrected chi connectivity index (χ2v) is 4.20.